The van der Waals surface area contributed by atoms with Crippen LogP contribution in [0.4, 0.5) is 0 Å². The first-order valence-electron chi connectivity index (χ1n) is 8.56. The number of hydrogen-bond acceptors (Lipinski definition) is 4. The van der Waals surface area contributed by atoms with Gasteiger partial charge in [-0.1, -0.05) is 30.3 Å². The molecular weight excluding hydrogens is 340 g/mol. The van der Waals surface area contributed by atoms with Gasteiger partial charge in [0.15, 0.2) is 0 Å². The second-order valence-corrected chi connectivity index (χ2v) is 8.32. The Morgan fingerprint density at radius 1 is 1.08 bits per heavy atom. The number of nitrogens with zero attached hydrogens (tertiary/aromatic N) is 3. The summed E-state index contributed by atoms with van der Waals surface area (Å²) in [5.41, 5.74) is 4.18. The number of morpholine rings is 1. The van der Waals surface area contributed by atoms with Crippen molar-refractivity contribution >= 4 is 10.2 Å². The summed E-state index contributed by atoms with van der Waals surface area (Å²) < 4.78 is 34.2. The Labute approximate surface area is 147 Å². The lowest BCUT2D eigenvalue weighted by Gasteiger charge is -2.33. The highest BCUT2D eigenvalue weighted by molar-refractivity contribution is 7.86. The van der Waals surface area contributed by atoms with Gasteiger partial charge < -0.3 is 4.74 Å². The molecule has 25 heavy (non-hydrogen) atoms. The van der Waals surface area contributed by atoms with Gasteiger partial charge in [-0.2, -0.15) is 22.1 Å². The lowest BCUT2D eigenvalue weighted by atomic mass is 10.0. The SMILES string of the molecule is O=S(=O)(N1CCOCC1)N1CCc2[nH]nc(Cc3ccccc3)c2C1. The molecule has 1 saturated heterocycles. The monoisotopic (exact) mass is 362 g/mol. The summed E-state index contributed by atoms with van der Waals surface area (Å²) in [4.78, 5) is 0. The van der Waals surface area contributed by atoms with E-state index in [0.29, 0.717) is 52.2 Å². The largest absolute Gasteiger partial charge is 0.379 e. The van der Waals surface area contributed by atoms with Crippen LogP contribution in [0, 0.1) is 0 Å². The molecule has 2 aliphatic heterocycles. The van der Waals surface area contributed by atoms with Gasteiger partial charge in [-0.3, -0.25) is 5.10 Å². The molecule has 1 aromatic heterocycles. The summed E-state index contributed by atoms with van der Waals surface area (Å²) in [6, 6.07) is 10.1. The zero-order valence-corrected chi connectivity index (χ0v) is 14.8. The molecule has 1 aromatic carbocycles. The van der Waals surface area contributed by atoms with Crippen molar-refractivity contribution in [2.45, 2.75) is 19.4 Å². The molecule has 0 amide bonds. The molecule has 1 fully saturated rings. The van der Waals surface area contributed by atoms with E-state index in [1.165, 1.54) is 9.87 Å². The van der Waals surface area contributed by atoms with Crippen LogP contribution in [0.15, 0.2) is 30.3 Å². The highest BCUT2D eigenvalue weighted by atomic mass is 32.2. The first kappa shape index (κ1) is 16.7. The van der Waals surface area contributed by atoms with Gasteiger partial charge >= 0.3 is 0 Å². The number of hydrogen-bond donors (Lipinski definition) is 1. The van der Waals surface area contributed by atoms with E-state index in [1.54, 1.807) is 4.31 Å². The minimum atomic E-state index is -3.45. The molecule has 2 aliphatic rings. The van der Waals surface area contributed by atoms with E-state index in [0.717, 1.165) is 17.0 Å². The Balaban J connectivity index is 1.55. The van der Waals surface area contributed by atoms with Crippen LogP contribution in [0.25, 0.3) is 0 Å². The number of aromatic amines is 1. The molecule has 0 bridgehead atoms. The number of H-pyrrole nitrogens is 1. The van der Waals surface area contributed by atoms with E-state index in [2.05, 4.69) is 22.3 Å². The third-order valence-electron chi connectivity index (χ3n) is 4.82. The van der Waals surface area contributed by atoms with E-state index >= 15 is 0 Å². The van der Waals surface area contributed by atoms with Gasteiger partial charge in [-0.15, -0.1) is 0 Å². The first-order chi connectivity index (χ1) is 12.1. The van der Waals surface area contributed by atoms with Crippen LogP contribution in [0.2, 0.25) is 0 Å². The van der Waals surface area contributed by atoms with E-state index in [4.69, 9.17) is 4.74 Å². The molecule has 2 aromatic rings. The average Bonchev–Trinajstić information content (AvgIpc) is 3.05. The molecule has 0 atom stereocenters. The zero-order valence-electron chi connectivity index (χ0n) is 14.0. The third kappa shape index (κ3) is 3.35. The summed E-state index contributed by atoms with van der Waals surface area (Å²) in [5, 5.41) is 7.53. The molecule has 0 aliphatic carbocycles. The van der Waals surface area contributed by atoms with E-state index in [1.807, 2.05) is 18.2 Å². The van der Waals surface area contributed by atoms with Gasteiger partial charge in [0, 0.05) is 50.3 Å². The Kier molecular flexibility index (Phi) is 4.60. The fraction of sp³-hybridized carbons (Fsp3) is 0.471. The van der Waals surface area contributed by atoms with Gasteiger partial charge in [-0.25, -0.2) is 0 Å². The lowest BCUT2D eigenvalue weighted by Crippen LogP contribution is -2.49. The second kappa shape index (κ2) is 6.87. The highest BCUT2D eigenvalue weighted by Crippen LogP contribution is 2.25. The summed E-state index contributed by atoms with van der Waals surface area (Å²) >= 11 is 0. The zero-order chi connectivity index (χ0) is 17.3. The first-order valence-corrected chi connectivity index (χ1v) is 9.96. The smallest absolute Gasteiger partial charge is 0.282 e. The Morgan fingerprint density at radius 3 is 2.60 bits per heavy atom. The second-order valence-electron chi connectivity index (χ2n) is 6.39. The summed E-state index contributed by atoms with van der Waals surface area (Å²) in [6.07, 6.45) is 1.37. The standard InChI is InChI=1S/C17H22N4O3S/c22-25(23,20-8-10-24-11-9-20)21-7-6-16-15(13-21)17(19-18-16)12-14-4-2-1-3-5-14/h1-5H,6-13H2,(H,18,19). The van der Waals surface area contributed by atoms with Crippen molar-refractivity contribution < 1.29 is 13.2 Å². The van der Waals surface area contributed by atoms with Crippen LogP contribution < -0.4 is 0 Å². The third-order valence-corrected chi connectivity index (χ3v) is 6.80. The van der Waals surface area contributed by atoms with E-state index in [9.17, 15) is 8.42 Å². The summed E-state index contributed by atoms with van der Waals surface area (Å²) in [6.45, 7) is 2.64. The molecule has 4 rings (SSSR count). The normalized spacial score (nSPS) is 19.7. The van der Waals surface area contributed by atoms with Crippen LogP contribution in [0.5, 0.6) is 0 Å². The Hall–Kier alpha value is -1.74. The van der Waals surface area contributed by atoms with Crippen molar-refractivity contribution in [2.75, 3.05) is 32.8 Å². The van der Waals surface area contributed by atoms with Crippen LogP contribution >= 0.6 is 0 Å². The quantitative estimate of drug-likeness (QED) is 0.878. The maximum Gasteiger partial charge on any atom is 0.282 e. The summed E-state index contributed by atoms with van der Waals surface area (Å²) in [5.74, 6) is 0. The van der Waals surface area contributed by atoms with Gasteiger partial charge in [-0.05, 0) is 5.56 Å². The van der Waals surface area contributed by atoms with Gasteiger partial charge in [0.1, 0.15) is 0 Å². The van der Waals surface area contributed by atoms with Crippen LogP contribution in [0.3, 0.4) is 0 Å². The molecule has 0 spiro atoms. The highest BCUT2D eigenvalue weighted by Gasteiger charge is 2.34. The minimum Gasteiger partial charge on any atom is -0.379 e. The molecule has 0 radical (unpaired) electrons. The number of fused-ring (bicyclic) bond motifs is 1. The maximum atomic E-state index is 12.9. The Bertz CT molecular complexity index is 829. The van der Waals surface area contributed by atoms with Gasteiger partial charge in [0.2, 0.25) is 0 Å². The lowest BCUT2D eigenvalue weighted by molar-refractivity contribution is 0.0699. The van der Waals surface area contributed by atoms with E-state index < -0.39 is 10.2 Å². The molecule has 8 heteroatoms. The van der Waals surface area contributed by atoms with Crippen LogP contribution in [0.1, 0.15) is 22.5 Å². The van der Waals surface area contributed by atoms with Crippen molar-refractivity contribution in [1.29, 1.82) is 0 Å². The number of ether oxygens (including phenoxy) is 1. The number of benzene rings is 1. The van der Waals surface area contributed by atoms with Crippen LogP contribution in [-0.4, -0.2) is 60.1 Å². The predicted molar refractivity (Wildman–Crippen MR) is 93.3 cm³/mol. The molecular formula is C17H22N4O3S. The molecule has 134 valence electrons. The van der Waals surface area contributed by atoms with Crippen molar-refractivity contribution in [3.05, 3.63) is 52.8 Å². The topological polar surface area (TPSA) is 78.5 Å². The summed E-state index contributed by atoms with van der Waals surface area (Å²) in [7, 11) is -3.45. The van der Waals surface area contributed by atoms with Crippen molar-refractivity contribution in [3.8, 4) is 0 Å². The van der Waals surface area contributed by atoms with Crippen molar-refractivity contribution in [2.24, 2.45) is 0 Å². The van der Waals surface area contributed by atoms with Crippen LogP contribution in [-0.2, 0) is 34.3 Å². The molecule has 7 nitrogen and oxygen atoms in total. The van der Waals surface area contributed by atoms with Crippen molar-refractivity contribution in [1.82, 2.24) is 18.8 Å². The molecule has 1 N–H and O–H groups in total. The predicted octanol–water partition coefficient (Wildman–Crippen LogP) is 0.936. The van der Waals surface area contributed by atoms with Gasteiger partial charge in [0.05, 0.1) is 18.9 Å². The number of aromatic nitrogens is 2. The van der Waals surface area contributed by atoms with Gasteiger partial charge in [0.25, 0.3) is 10.2 Å². The maximum absolute atomic E-state index is 12.9. The fourth-order valence-corrected chi connectivity index (χ4v) is 4.95. The van der Waals surface area contributed by atoms with Crippen molar-refractivity contribution in [3.63, 3.8) is 0 Å². The molecule has 0 saturated carbocycles. The molecule has 0 unspecified atom stereocenters. The molecule has 3 heterocycles. The minimum absolute atomic E-state index is 0.383. The number of rotatable bonds is 4. The Morgan fingerprint density at radius 2 is 1.84 bits per heavy atom. The average molecular weight is 362 g/mol. The number of nitrogens with one attached hydrogen (secondary N) is 1. The van der Waals surface area contributed by atoms with E-state index in [-0.39, 0.29) is 0 Å². The fourth-order valence-electron chi connectivity index (χ4n) is 3.40.